The second-order valence-electron chi connectivity index (χ2n) is 5.42. The van der Waals surface area contributed by atoms with E-state index in [4.69, 9.17) is 9.47 Å². The van der Waals surface area contributed by atoms with Gasteiger partial charge in [0.05, 0.1) is 17.1 Å². The Morgan fingerprint density at radius 2 is 2.27 bits per heavy atom. The van der Waals surface area contributed by atoms with Gasteiger partial charge in [-0.1, -0.05) is 13.0 Å². The number of non-ortho nitro benzene ring substituents is 1. The van der Waals surface area contributed by atoms with Gasteiger partial charge in [-0.05, 0) is 18.4 Å². The van der Waals surface area contributed by atoms with Gasteiger partial charge in [0.2, 0.25) is 0 Å². The molecule has 1 aliphatic heterocycles. The third-order valence-electron chi connectivity index (χ3n) is 3.94. The van der Waals surface area contributed by atoms with Gasteiger partial charge in [0, 0.05) is 26.3 Å². The summed E-state index contributed by atoms with van der Waals surface area (Å²) >= 11 is 0. The highest BCUT2D eigenvalue weighted by atomic mass is 16.6. The zero-order valence-corrected chi connectivity index (χ0v) is 12.7. The van der Waals surface area contributed by atoms with Crippen LogP contribution in [-0.2, 0) is 9.53 Å². The van der Waals surface area contributed by atoms with Crippen LogP contribution in [0.3, 0.4) is 0 Å². The van der Waals surface area contributed by atoms with Gasteiger partial charge in [0.1, 0.15) is 5.75 Å². The summed E-state index contributed by atoms with van der Waals surface area (Å²) in [4.78, 5) is 24.1. The van der Waals surface area contributed by atoms with Crippen LogP contribution in [0.15, 0.2) is 24.3 Å². The van der Waals surface area contributed by atoms with Crippen LogP contribution >= 0.6 is 0 Å². The quantitative estimate of drug-likeness (QED) is 0.612. The summed E-state index contributed by atoms with van der Waals surface area (Å²) in [5, 5.41) is 10.7. The van der Waals surface area contributed by atoms with Crippen molar-refractivity contribution in [2.75, 3.05) is 26.8 Å². The molecule has 22 heavy (non-hydrogen) atoms. The number of likely N-dealkylation sites (tertiary alicyclic amines) is 1. The first-order valence-corrected chi connectivity index (χ1v) is 7.19. The van der Waals surface area contributed by atoms with Crippen molar-refractivity contribution < 1.29 is 19.2 Å². The van der Waals surface area contributed by atoms with E-state index in [1.807, 2.05) is 0 Å². The molecule has 120 valence electrons. The Labute approximate surface area is 129 Å². The maximum Gasteiger partial charge on any atom is 0.273 e. The van der Waals surface area contributed by atoms with Crippen LogP contribution in [0.25, 0.3) is 0 Å². The van der Waals surface area contributed by atoms with E-state index in [1.165, 1.54) is 18.2 Å². The smallest absolute Gasteiger partial charge is 0.273 e. The van der Waals surface area contributed by atoms with Gasteiger partial charge >= 0.3 is 0 Å². The van der Waals surface area contributed by atoms with Crippen molar-refractivity contribution >= 4 is 11.6 Å². The third kappa shape index (κ3) is 3.94. The molecule has 0 unspecified atom stereocenters. The largest absolute Gasteiger partial charge is 0.484 e. The Morgan fingerprint density at radius 1 is 1.50 bits per heavy atom. The number of carbonyl (C=O) groups excluding carboxylic acids is 1. The van der Waals surface area contributed by atoms with Crippen molar-refractivity contribution in [3.05, 3.63) is 34.4 Å². The van der Waals surface area contributed by atoms with Crippen LogP contribution in [0.5, 0.6) is 5.75 Å². The Hall–Kier alpha value is -2.15. The first kappa shape index (κ1) is 16.2. The number of rotatable bonds is 5. The molecule has 7 nitrogen and oxygen atoms in total. The second-order valence-corrected chi connectivity index (χ2v) is 5.42. The standard InChI is InChI=1S/C15H20N2O5/c1-11-6-7-16(9-14(11)21-2)15(18)10-22-13-5-3-4-12(8-13)17(19)20/h3-5,8,11,14H,6-7,9-10H2,1-2H3/t11-,14+/m1/s1. The highest BCUT2D eigenvalue weighted by Gasteiger charge is 2.28. The second kappa shape index (κ2) is 7.22. The molecular weight excluding hydrogens is 288 g/mol. The minimum atomic E-state index is -0.496. The Morgan fingerprint density at radius 3 is 2.95 bits per heavy atom. The zero-order chi connectivity index (χ0) is 16.1. The molecule has 1 fully saturated rings. The predicted octanol–water partition coefficient (Wildman–Crippen LogP) is 1.86. The average molecular weight is 308 g/mol. The normalized spacial score (nSPS) is 21.5. The molecule has 2 rings (SSSR count). The highest BCUT2D eigenvalue weighted by Crippen LogP contribution is 2.21. The van der Waals surface area contributed by atoms with E-state index in [0.29, 0.717) is 24.8 Å². The maximum atomic E-state index is 12.2. The molecule has 2 atom stereocenters. The van der Waals surface area contributed by atoms with Crippen LogP contribution in [0, 0.1) is 16.0 Å². The summed E-state index contributed by atoms with van der Waals surface area (Å²) in [5.74, 6) is 0.600. The van der Waals surface area contributed by atoms with E-state index >= 15 is 0 Å². The van der Waals surface area contributed by atoms with E-state index in [0.717, 1.165) is 6.42 Å². The number of nitro groups is 1. The van der Waals surface area contributed by atoms with Crippen molar-refractivity contribution in [1.29, 1.82) is 0 Å². The fourth-order valence-electron chi connectivity index (χ4n) is 2.49. The molecule has 1 heterocycles. The lowest BCUT2D eigenvalue weighted by Crippen LogP contribution is -2.48. The van der Waals surface area contributed by atoms with E-state index in [1.54, 1.807) is 18.1 Å². The lowest BCUT2D eigenvalue weighted by Gasteiger charge is -2.36. The highest BCUT2D eigenvalue weighted by molar-refractivity contribution is 5.78. The molecule has 0 radical (unpaired) electrons. The van der Waals surface area contributed by atoms with Crippen molar-refractivity contribution in [2.45, 2.75) is 19.4 Å². The van der Waals surface area contributed by atoms with Crippen LogP contribution in [-0.4, -0.2) is 48.6 Å². The van der Waals surface area contributed by atoms with Gasteiger partial charge in [-0.25, -0.2) is 0 Å². The number of carbonyl (C=O) groups is 1. The summed E-state index contributed by atoms with van der Waals surface area (Å²) in [7, 11) is 1.65. The number of methoxy groups -OCH3 is 1. The number of benzene rings is 1. The van der Waals surface area contributed by atoms with Gasteiger partial charge in [-0.3, -0.25) is 14.9 Å². The molecule has 0 saturated carbocycles. The molecule has 1 amide bonds. The van der Waals surface area contributed by atoms with Crippen LogP contribution in [0.2, 0.25) is 0 Å². The molecule has 0 spiro atoms. The minimum absolute atomic E-state index is 0.0375. The average Bonchev–Trinajstić information content (AvgIpc) is 2.53. The van der Waals surface area contributed by atoms with Crippen molar-refractivity contribution in [2.24, 2.45) is 5.92 Å². The molecule has 0 bridgehead atoms. The van der Waals surface area contributed by atoms with E-state index in [2.05, 4.69) is 6.92 Å². The van der Waals surface area contributed by atoms with Crippen molar-refractivity contribution in [3.8, 4) is 5.75 Å². The molecule has 7 heteroatoms. The number of piperidine rings is 1. The number of hydrogen-bond acceptors (Lipinski definition) is 5. The molecular formula is C15H20N2O5. The van der Waals surface area contributed by atoms with Crippen LogP contribution in [0.1, 0.15) is 13.3 Å². The third-order valence-corrected chi connectivity index (χ3v) is 3.94. The van der Waals surface area contributed by atoms with E-state index < -0.39 is 4.92 Å². The summed E-state index contributed by atoms with van der Waals surface area (Å²) in [6, 6.07) is 5.81. The molecule has 1 aromatic carbocycles. The number of nitrogens with zero attached hydrogens (tertiary/aromatic N) is 2. The number of nitro benzene ring substituents is 1. The Balaban J connectivity index is 1.90. The van der Waals surface area contributed by atoms with E-state index in [9.17, 15) is 14.9 Å². The zero-order valence-electron chi connectivity index (χ0n) is 12.7. The topological polar surface area (TPSA) is 81.9 Å². The molecule has 1 aliphatic rings. The van der Waals surface area contributed by atoms with Crippen LogP contribution in [0.4, 0.5) is 5.69 Å². The summed E-state index contributed by atoms with van der Waals surface area (Å²) < 4.78 is 10.8. The summed E-state index contributed by atoms with van der Waals surface area (Å²) in [5.41, 5.74) is -0.0591. The summed E-state index contributed by atoms with van der Waals surface area (Å²) in [6.45, 7) is 3.20. The number of hydrogen-bond donors (Lipinski definition) is 0. The van der Waals surface area contributed by atoms with Gasteiger partial charge in [-0.2, -0.15) is 0 Å². The van der Waals surface area contributed by atoms with Crippen molar-refractivity contribution in [3.63, 3.8) is 0 Å². The van der Waals surface area contributed by atoms with Gasteiger partial charge in [0.15, 0.2) is 6.61 Å². The lowest BCUT2D eigenvalue weighted by atomic mass is 9.96. The van der Waals surface area contributed by atoms with Gasteiger partial charge in [-0.15, -0.1) is 0 Å². The number of ether oxygens (including phenoxy) is 2. The fraction of sp³-hybridized carbons (Fsp3) is 0.533. The van der Waals surface area contributed by atoms with Crippen LogP contribution < -0.4 is 4.74 Å². The molecule has 0 aromatic heterocycles. The first-order valence-electron chi connectivity index (χ1n) is 7.19. The Kier molecular flexibility index (Phi) is 5.32. The molecule has 0 aliphatic carbocycles. The first-order chi connectivity index (χ1) is 10.5. The fourth-order valence-corrected chi connectivity index (χ4v) is 2.49. The lowest BCUT2D eigenvalue weighted by molar-refractivity contribution is -0.384. The molecule has 1 saturated heterocycles. The monoisotopic (exact) mass is 308 g/mol. The summed E-state index contributed by atoms with van der Waals surface area (Å²) in [6.07, 6.45) is 0.927. The number of amides is 1. The van der Waals surface area contributed by atoms with Crippen molar-refractivity contribution in [1.82, 2.24) is 4.90 Å². The minimum Gasteiger partial charge on any atom is -0.484 e. The predicted molar refractivity (Wildman–Crippen MR) is 79.7 cm³/mol. The van der Waals surface area contributed by atoms with Gasteiger partial charge < -0.3 is 14.4 Å². The SMILES string of the molecule is CO[C@H]1CN(C(=O)COc2cccc([N+](=O)[O-])c2)CC[C@H]1C. The molecule has 1 aromatic rings. The van der Waals surface area contributed by atoms with E-state index in [-0.39, 0.29) is 24.3 Å². The molecule has 0 N–H and O–H groups in total. The Bertz CT molecular complexity index is 548. The van der Waals surface area contributed by atoms with Gasteiger partial charge in [0.25, 0.3) is 11.6 Å². The maximum absolute atomic E-state index is 12.2.